The SMILES string of the molecule is CC1=C(C)C[C@@H](C(=O)O)[C@@H](C(=O)Nc2ccc(C)c(C)c2)C1. The van der Waals surface area contributed by atoms with Crippen molar-refractivity contribution in [3.63, 3.8) is 0 Å². The molecule has 2 rings (SSSR count). The number of carboxylic acids is 1. The molecule has 0 radical (unpaired) electrons. The summed E-state index contributed by atoms with van der Waals surface area (Å²) >= 11 is 0. The van der Waals surface area contributed by atoms with Crippen molar-refractivity contribution >= 4 is 17.6 Å². The van der Waals surface area contributed by atoms with Gasteiger partial charge in [0.15, 0.2) is 0 Å². The summed E-state index contributed by atoms with van der Waals surface area (Å²) in [6, 6.07) is 5.72. The lowest BCUT2D eigenvalue weighted by atomic mass is 9.76. The lowest BCUT2D eigenvalue weighted by Gasteiger charge is -2.29. The molecule has 0 saturated heterocycles. The van der Waals surface area contributed by atoms with Crippen LogP contribution in [0.1, 0.15) is 37.8 Å². The van der Waals surface area contributed by atoms with E-state index in [9.17, 15) is 14.7 Å². The zero-order valence-electron chi connectivity index (χ0n) is 13.6. The van der Waals surface area contributed by atoms with E-state index in [1.807, 2.05) is 45.9 Å². The Balaban J connectivity index is 2.19. The molecule has 0 fully saturated rings. The maximum Gasteiger partial charge on any atom is 0.307 e. The number of carbonyl (C=O) groups excluding carboxylic acids is 1. The van der Waals surface area contributed by atoms with Gasteiger partial charge in [-0.25, -0.2) is 0 Å². The van der Waals surface area contributed by atoms with E-state index in [-0.39, 0.29) is 5.91 Å². The van der Waals surface area contributed by atoms with Gasteiger partial charge in [0.25, 0.3) is 0 Å². The number of rotatable bonds is 3. The third-order valence-corrected chi connectivity index (χ3v) is 4.69. The molecule has 1 amide bonds. The largest absolute Gasteiger partial charge is 0.481 e. The smallest absolute Gasteiger partial charge is 0.307 e. The molecule has 4 heteroatoms. The van der Waals surface area contributed by atoms with Gasteiger partial charge in [-0.05, 0) is 63.8 Å². The Bertz CT molecular complexity index is 646. The Morgan fingerprint density at radius 3 is 2.14 bits per heavy atom. The number of carboxylic acid groups (broad SMARTS) is 1. The van der Waals surface area contributed by atoms with Crippen molar-refractivity contribution in [1.82, 2.24) is 0 Å². The van der Waals surface area contributed by atoms with Gasteiger partial charge in [-0.1, -0.05) is 17.2 Å². The highest BCUT2D eigenvalue weighted by Gasteiger charge is 2.37. The lowest BCUT2D eigenvalue weighted by molar-refractivity contribution is -0.146. The Morgan fingerprint density at radius 2 is 1.59 bits per heavy atom. The number of hydrogen-bond donors (Lipinski definition) is 2. The van der Waals surface area contributed by atoms with Gasteiger partial charge >= 0.3 is 5.97 Å². The number of allylic oxidation sites excluding steroid dienone is 2. The normalized spacial score (nSPS) is 21.6. The number of hydrogen-bond acceptors (Lipinski definition) is 2. The molecule has 2 atom stereocenters. The second kappa shape index (κ2) is 6.34. The van der Waals surface area contributed by atoms with E-state index < -0.39 is 17.8 Å². The molecule has 0 aromatic heterocycles. The fraction of sp³-hybridized carbons (Fsp3) is 0.444. The van der Waals surface area contributed by atoms with Gasteiger partial charge in [0.05, 0.1) is 11.8 Å². The van der Waals surface area contributed by atoms with Crippen LogP contribution in [0.3, 0.4) is 0 Å². The van der Waals surface area contributed by atoms with Crippen molar-refractivity contribution in [3.05, 3.63) is 40.5 Å². The van der Waals surface area contributed by atoms with Crippen molar-refractivity contribution in [2.45, 2.75) is 40.5 Å². The average molecular weight is 301 g/mol. The van der Waals surface area contributed by atoms with Gasteiger partial charge < -0.3 is 10.4 Å². The number of amides is 1. The molecule has 0 spiro atoms. The predicted octanol–water partition coefficient (Wildman–Crippen LogP) is 3.69. The number of anilines is 1. The average Bonchev–Trinajstić information content (AvgIpc) is 2.45. The van der Waals surface area contributed by atoms with Crippen LogP contribution in [0, 0.1) is 25.7 Å². The predicted molar refractivity (Wildman–Crippen MR) is 86.8 cm³/mol. The number of benzene rings is 1. The Hall–Kier alpha value is -2.10. The van der Waals surface area contributed by atoms with Crippen LogP contribution >= 0.6 is 0 Å². The Morgan fingerprint density at radius 1 is 1.00 bits per heavy atom. The summed E-state index contributed by atoms with van der Waals surface area (Å²) in [5, 5.41) is 12.3. The molecule has 118 valence electrons. The van der Waals surface area contributed by atoms with E-state index in [4.69, 9.17) is 0 Å². The first-order chi connectivity index (χ1) is 10.3. The molecule has 0 heterocycles. The van der Waals surface area contributed by atoms with Crippen LogP contribution in [-0.4, -0.2) is 17.0 Å². The summed E-state index contributed by atoms with van der Waals surface area (Å²) in [5.74, 6) is -2.26. The maximum absolute atomic E-state index is 12.5. The summed E-state index contributed by atoms with van der Waals surface area (Å²) in [5.41, 5.74) is 5.19. The molecule has 1 aromatic carbocycles. The van der Waals surface area contributed by atoms with Gasteiger partial charge in [0.2, 0.25) is 5.91 Å². The van der Waals surface area contributed by atoms with Gasteiger partial charge in [-0.15, -0.1) is 0 Å². The fourth-order valence-electron chi connectivity index (χ4n) is 2.88. The highest BCUT2D eigenvalue weighted by molar-refractivity contribution is 5.95. The number of nitrogens with one attached hydrogen (secondary N) is 1. The van der Waals surface area contributed by atoms with Crippen LogP contribution in [0.2, 0.25) is 0 Å². The molecule has 2 N–H and O–H groups in total. The molecule has 0 saturated carbocycles. The van der Waals surface area contributed by atoms with Crippen molar-refractivity contribution in [3.8, 4) is 0 Å². The van der Waals surface area contributed by atoms with E-state index in [2.05, 4.69) is 5.32 Å². The first-order valence-electron chi connectivity index (χ1n) is 7.55. The molecule has 0 aliphatic heterocycles. The molecule has 22 heavy (non-hydrogen) atoms. The molecule has 1 aliphatic carbocycles. The number of carbonyl (C=O) groups is 2. The minimum atomic E-state index is -0.896. The van der Waals surface area contributed by atoms with Crippen molar-refractivity contribution in [1.29, 1.82) is 0 Å². The summed E-state index contributed by atoms with van der Waals surface area (Å²) in [7, 11) is 0. The molecular weight excluding hydrogens is 278 g/mol. The third kappa shape index (κ3) is 3.38. The zero-order chi connectivity index (χ0) is 16.4. The van der Waals surface area contributed by atoms with Crippen molar-refractivity contribution < 1.29 is 14.7 Å². The molecule has 0 bridgehead atoms. The van der Waals surface area contributed by atoms with Crippen LogP contribution in [0.5, 0.6) is 0 Å². The van der Waals surface area contributed by atoms with E-state index in [1.165, 1.54) is 0 Å². The summed E-state index contributed by atoms with van der Waals surface area (Å²) < 4.78 is 0. The van der Waals surface area contributed by atoms with Crippen LogP contribution in [0.4, 0.5) is 5.69 Å². The minimum Gasteiger partial charge on any atom is -0.481 e. The van der Waals surface area contributed by atoms with Crippen molar-refractivity contribution in [2.75, 3.05) is 5.32 Å². The van der Waals surface area contributed by atoms with Crippen LogP contribution < -0.4 is 5.32 Å². The third-order valence-electron chi connectivity index (χ3n) is 4.69. The van der Waals surface area contributed by atoms with Crippen LogP contribution in [0.25, 0.3) is 0 Å². The minimum absolute atomic E-state index is 0.206. The topological polar surface area (TPSA) is 66.4 Å². The standard InChI is InChI=1S/C18H23NO3/c1-10-5-6-14(7-11(10)2)19-17(20)15-8-12(3)13(4)9-16(15)18(21)22/h5-7,15-16H,8-9H2,1-4H3,(H,19,20)(H,21,22)/t15-,16+/m0/s1. The Labute approximate surface area is 131 Å². The highest BCUT2D eigenvalue weighted by atomic mass is 16.4. The quantitative estimate of drug-likeness (QED) is 0.837. The second-order valence-electron chi connectivity index (χ2n) is 6.31. The van der Waals surface area contributed by atoms with Crippen LogP contribution in [-0.2, 0) is 9.59 Å². The molecular formula is C18H23NO3. The van der Waals surface area contributed by atoms with Crippen molar-refractivity contribution in [2.24, 2.45) is 11.8 Å². The Kier molecular flexibility index (Phi) is 4.69. The van der Waals surface area contributed by atoms with E-state index in [0.717, 1.165) is 28.0 Å². The lowest BCUT2D eigenvalue weighted by Crippen LogP contribution is -2.36. The molecule has 1 aliphatic rings. The van der Waals surface area contributed by atoms with Gasteiger partial charge in [0.1, 0.15) is 0 Å². The van der Waals surface area contributed by atoms with E-state index in [0.29, 0.717) is 12.8 Å². The van der Waals surface area contributed by atoms with Gasteiger partial charge in [0, 0.05) is 5.69 Å². The first-order valence-corrected chi connectivity index (χ1v) is 7.55. The summed E-state index contributed by atoms with van der Waals surface area (Å²) in [4.78, 5) is 24.0. The summed E-state index contributed by atoms with van der Waals surface area (Å²) in [6.45, 7) is 7.92. The first kappa shape index (κ1) is 16.3. The van der Waals surface area contributed by atoms with E-state index in [1.54, 1.807) is 0 Å². The monoisotopic (exact) mass is 301 g/mol. The van der Waals surface area contributed by atoms with Crippen LogP contribution in [0.15, 0.2) is 29.3 Å². The highest BCUT2D eigenvalue weighted by Crippen LogP contribution is 2.35. The summed E-state index contributed by atoms with van der Waals surface area (Å²) in [6.07, 6.45) is 0.964. The van der Waals surface area contributed by atoms with Gasteiger partial charge in [-0.3, -0.25) is 9.59 Å². The fourth-order valence-corrected chi connectivity index (χ4v) is 2.88. The van der Waals surface area contributed by atoms with E-state index >= 15 is 0 Å². The second-order valence-corrected chi connectivity index (χ2v) is 6.31. The molecule has 0 unspecified atom stereocenters. The number of aliphatic carboxylic acids is 1. The molecule has 1 aromatic rings. The molecule has 4 nitrogen and oxygen atoms in total. The number of aryl methyl sites for hydroxylation is 2. The zero-order valence-corrected chi connectivity index (χ0v) is 13.6. The maximum atomic E-state index is 12.5. The van der Waals surface area contributed by atoms with Gasteiger partial charge in [-0.2, -0.15) is 0 Å².